The Labute approximate surface area is 267 Å². The first-order chi connectivity index (χ1) is 21.3. The molecule has 0 bridgehead atoms. The minimum Gasteiger partial charge on any atom is -0.484 e. The van der Waals surface area contributed by atoms with Crippen LogP contribution >= 0.6 is 23.8 Å². The van der Waals surface area contributed by atoms with Gasteiger partial charge >= 0.3 is 0 Å². The Morgan fingerprint density at radius 2 is 1.73 bits per heavy atom. The zero-order valence-corrected chi connectivity index (χ0v) is 26.2. The molecule has 1 saturated heterocycles. The number of rotatable bonds is 8. The molecule has 0 radical (unpaired) electrons. The van der Waals surface area contributed by atoms with Crippen LogP contribution < -0.4 is 20.3 Å². The van der Waals surface area contributed by atoms with Gasteiger partial charge in [-0.25, -0.2) is 0 Å². The zero-order valence-electron chi connectivity index (χ0n) is 24.6. The number of nitrogens with zero attached hydrogens (tertiary/aromatic N) is 3. The minimum absolute atomic E-state index is 0.0819. The predicted molar refractivity (Wildman–Crippen MR) is 180 cm³/mol. The number of para-hydroxylation sites is 1. The maximum atomic E-state index is 12.6. The molecule has 1 aliphatic rings. The lowest BCUT2D eigenvalue weighted by Crippen LogP contribution is -2.29. The summed E-state index contributed by atoms with van der Waals surface area (Å²) >= 11 is 12.4. The molecule has 44 heavy (non-hydrogen) atoms. The number of benzene rings is 3. The summed E-state index contributed by atoms with van der Waals surface area (Å²) in [5, 5.41) is 7.74. The Bertz CT molecular complexity index is 1810. The minimum atomic E-state index is -0.239. The molecule has 0 saturated carbocycles. The first-order valence-electron chi connectivity index (χ1n) is 14.3. The molecule has 1 fully saturated rings. The molecule has 2 atom stereocenters. The van der Waals surface area contributed by atoms with E-state index in [0.29, 0.717) is 21.6 Å². The molecule has 6 rings (SSSR count). The highest BCUT2D eigenvalue weighted by molar-refractivity contribution is 7.80. The van der Waals surface area contributed by atoms with Gasteiger partial charge < -0.3 is 24.8 Å². The van der Waals surface area contributed by atoms with Crippen molar-refractivity contribution in [3.8, 4) is 11.4 Å². The molecule has 5 aromatic rings. The number of anilines is 2. The number of hydrogen-bond donors (Lipinski definition) is 2. The van der Waals surface area contributed by atoms with Crippen LogP contribution in [-0.4, -0.2) is 27.2 Å². The van der Waals surface area contributed by atoms with E-state index in [1.807, 2.05) is 91.0 Å². The Kier molecular flexibility index (Phi) is 8.37. The molecule has 3 aromatic carbocycles. The van der Waals surface area contributed by atoms with Crippen molar-refractivity contribution in [2.75, 3.05) is 16.8 Å². The summed E-state index contributed by atoms with van der Waals surface area (Å²) in [5.74, 6) is 0.406. The highest BCUT2D eigenvalue weighted by atomic mass is 35.5. The monoisotopic (exact) mass is 621 g/mol. The van der Waals surface area contributed by atoms with Crippen molar-refractivity contribution in [3.05, 3.63) is 136 Å². The molecular weight excluding hydrogens is 590 g/mol. The first kappa shape index (κ1) is 29.4. The smallest absolute Gasteiger partial charge is 0.262 e. The van der Waals surface area contributed by atoms with Crippen LogP contribution in [0.2, 0.25) is 5.02 Å². The van der Waals surface area contributed by atoms with Crippen LogP contribution in [0.15, 0.2) is 103 Å². The summed E-state index contributed by atoms with van der Waals surface area (Å²) < 4.78 is 7.84. The molecule has 2 N–H and O–H groups in total. The molecule has 3 heterocycles. The topological polar surface area (TPSA) is 71.4 Å². The van der Waals surface area contributed by atoms with Crippen LogP contribution in [0, 0.1) is 20.8 Å². The van der Waals surface area contributed by atoms with E-state index in [4.69, 9.17) is 33.5 Å². The third-order valence-electron chi connectivity index (χ3n) is 7.84. The van der Waals surface area contributed by atoms with Crippen molar-refractivity contribution in [1.29, 1.82) is 0 Å². The standard InChI is InChI=1S/C35H32ClN5O2S/c1-22-12-13-25(36)20-31(22)40-23(2)19-29(24(40)3)34-33(30-11-7-8-18-37-30)39-35(44)41(34)27-16-14-26(15-17-27)38-32(42)21-43-28-9-5-4-6-10-28/h4-20,33-34H,21H2,1-3H3,(H,38,42)(H,39,44)/t33-,34-/m0/s1. The first-order valence-corrected chi connectivity index (χ1v) is 15.1. The molecule has 0 unspecified atom stereocenters. The van der Waals surface area contributed by atoms with Gasteiger partial charge in [0.25, 0.3) is 5.91 Å². The normalized spacial score (nSPS) is 16.1. The maximum absolute atomic E-state index is 12.6. The van der Waals surface area contributed by atoms with E-state index < -0.39 is 0 Å². The van der Waals surface area contributed by atoms with Gasteiger partial charge in [-0.1, -0.05) is 41.9 Å². The third-order valence-corrected chi connectivity index (χ3v) is 8.39. The summed E-state index contributed by atoms with van der Waals surface area (Å²) in [7, 11) is 0. The average Bonchev–Trinajstić information content (AvgIpc) is 3.53. The van der Waals surface area contributed by atoms with E-state index in [2.05, 4.69) is 46.9 Å². The fourth-order valence-electron chi connectivity index (χ4n) is 5.80. The van der Waals surface area contributed by atoms with Crippen molar-refractivity contribution in [2.45, 2.75) is 32.9 Å². The Morgan fingerprint density at radius 3 is 2.45 bits per heavy atom. The number of pyridine rings is 1. The number of carbonyl (C=O) groups is 1. The van der Waals surface area contributed by atoms with Crippen molar-refractivity contribution >= 4 is 46.2 Å². The highest BCUT2D eigenvalue weighted by Crippen LogP contribution is 2.44. The summed E-state index contributed by atoms with van der Waals surface area (Å²) in [6.07, 6.45) is 1.80. The van der Waals surface area contributed by atoms with Gasteiger partial charge in [0.05, 0.1) is 17.8 Å². The van der Waals surface area contributed by atoms with E-state index in [1.54, 1.807) is 6.20 Å². The van der Waals surface area contributed by atoms with Gasteiger partial charge in [-0.3, -0.25) is 9.78 Å². The SMILES string of the molecule is Cc1ccc(Cl)cc1-n1c(C)cc([C@H]2[C@H](c3ccccn3)NC(=S)N2c2ccc(NC(=O)COc3ccccc3)cc2)c1C. The van der Waals surface area contributed by atoms with E-state index in [-0.39, 0.29) is 24.6 Å². The van der Waals surface area contributed by atoms with Gasteiger partial charge in [0.2, 0.25) is 0 Å². The lowest BCUT2D eigenvalue weighted by molar-refractivity contribution is -0.118. The van der Waals surface area contributed by atoms with E-state index >= 15 is 0 Å². The molecular formula is C35H32ClN5O2S. The number of aryl methyl sites for hydroxylation is 2. The largest absolute Gasteiger partial charge is 0.484 e. The van der Waals surface area contributed by atoms with Gasteiger partial charge in [-0.05, 0) is 111 Å². The number of ether oxygens (including phenoxy) is 1. The Hall–Kier alpha value is -4.66. The maximum Gasteiger partial charge on any atom is 0.262 e. The Balaban J connectivity index is 1.32. The lowest BCUT2D eigenvalue weighted by Gasteiger charge is -2.28. The van der Waals surface area contributed by atoms with E-state index in [1.165, 1.54) is 0 Å². The van der Waals surface area contributed by atoms with Gasteiger partial charge in [-0.2, -0.15) is 0 Å². The number of nitrogens with one attached hydrogen (secondary N) is 2. The molecule has 7 nitrogen and oxygen atoms in total. The zero-order chi connectivity index (χ0) is 30.8. The second-order valence-corrected chi connectivity index (χ2v) is 11.6. The summed E-state index contributed by atoms with van der Waals surface area (Å²) in [4.78, 5) is 19.4. The highest BCUT2D eigenvalue weighted by Gasteiger charge is 2.42. The fraction of sp³-hybridized carbons (Fsp3) is 0.171. The molecule has 0 spiro atoms. The lowest BCUT2D eigenvalue weighted by atomic mass is 9.96. The summed E-state index contributed by atoms with van der Waals surface area (Å²) in [6.45, 7) is 6.25. The van der Waals surface area contributed by atoms with Gasteiger partial charge in [0.1, 0.15) is 5.75 Å². The van der Waals surface area contributed by atoms with Gasteiger partial charge in [-0.15, -0.1) is 0 Å². The quantitative estimate of drug-likeness (QED) is 0.174. The molecule has 1 aliphatic heterocycles. The summed E-state index contributed by atoms with van der Waals surface area (Å²) in [5.41, 5.74) is 7.95. The van der Waals surface area contributed by atoms with Gasteiger partial charge in [0, 0.05) is 39.7 Å². The molecule has 9 heteroatoms. The van der Waals surface area contributed by atoms with Crippen molar-refractivity contribution in [2.24, 2.45) is 0 Å². The van der Waals surface area contributed by atoms with Crippen molar-refractivity contribution in [1.82, 2.24) is 14.9 Å². The van der Waals surface area contributed by atoms with Crippen molar-refractivity contribution < 1.29 is 9.53 Å². The second-order valence-electron chi connectivity index (χ2n) is 10.8. The molecule has 222 valence electrons. The van der Waals surface area contributed by atoms with Crippen molar-refractivity contribution in [3.63, 3.8) is 0 Å². The average molecular weight is 622 g/mol. The van der Waals surface area contributed by atoms with Gasteiger partial charge in [0.15, 0.2) is 11.7 Å². The number of halogens is 1. The number of thiocarbonyl (C=S) groups is 1. The molecule has 2 aromatic heterocycles. The second kappa shape index (κ2) is 12.5. The van der Waals surface area contributed by atoms with Crippen LogP contribution in [0.25, 0.3) is 5.69 Å². The number of amides is 1. The third kappa shape index (κ3) is 5.91. The molecule has 0 aliphatic carbocycles. The summed E-state index contributed by atoms with van der Waals surface area (Å²) in [6, 6.07) is 30.7. The number of carbonyl (C=O) groups excluding carboxylic acids is 1. The van der Waals surface area contributed by atoms with E-state index in [9.17, 15) is 4.79 Å². The van der Waals surface area contributed by atoms with E-state index in [0.717, 1.165) is 39.6 Å². The predicted octanol–water partition coefficient (Wildman–Crippen LogP) is 7.65. The Morgan fingerprint density at radius 1 is 0.977 bits per heavy atom. The molecule has 1 amide bonds. The number of hydrogen-bond acceptors (Lipinski definition) is 4. The fourth-order valence-corrected chi connectivity index (χ4v) is 6.31. The van der Waals surface area contributed by atoms with Crippen LogP contribution in [0.4, 0.5) is 11.4 Å². The number of aromatic nitrogens is 2. The van der Waals surface area contributed by atoms with Crippen LogP contribution in [0.1, 0.15) is 40.3 Å². The van der Waals surface area contributed by atoms with Crippen LogP contribution in [0.5, 0.6) is 5.75 Å². The van der Waals surface area contributed by atoms with Crippen LogP contribution in [0.3, 0.4) is 0 Å². The van der Waals surface area contributed by atoms with Crippen LogP contribution in [-0.2, 0) is 4.79 Å².